The van der Waals surface area contributed by atoms with Gasteiger partial charge in [-0.2, -0.15) is 4.39 Å². The average Bonchev–Trinajstić information content (AvgIpc) is 2.93. The van der Waals surface area contributed by atoms with Gasteiger partial charge >= 0.3 is 0 Å². The van der Waals surface area contributed by atoms with Gasteiger partial charge in [0.2, 0.25) is 5.95 Å². The van der Waals surface area contributed by atoms with E-state index in [1.54, 1.807) is 7.05 Å². The second-order valence-corrected chi connectivity index (χ2v) is 7.14. The van der Waals surface area contributed by atoms with Gasteiger partial charge in [0.1, 0.15) is 16.4 Å². The van der Waals surface area contributed by atoms with Gasteiger partial charge in [-0.3, -0.25) is 4.98 Å². The molecule has 3 aromatic rings. The Hall–Kier alpha value is -2.72. The summed E-state index contributed by atoms with van der Waals surface area (Å²) in [6.07, 6.45) is 3.94. The molecule has 0 spiro atoms. The molecule has 0 saturated carbocycles. The van der Waals surface area contributed by atoms with Gasteiger partial charge in [-0.25, -0.2) is 26.2 Å². The smallest absolute Gasteiger partial charge is 0.269 e. The van der Waals surface area contributed by atoms with Gasteiger partial charge in [-0.1, -0.05) is 0 Å². The Morgan fingerprint density at radius 1 is 1.23 bits per heavy atom. The lowest BCUT2D eigenvalue weighted by atomic mass is 10.2. The zero-order valence-corrected chi connectivity index (χ0v) is 14.3. The summed E-state index contributed by atoms with van der Waals surface area (Å²) < 4.78 is 68.7. The fraction of sp³-hybridized carbons (Fsp3) is 0.125. The molecule has 3 rings (SSSR count). The molecule has 10 heteroatoms. The van der Waals surface area contributed by atoms with Crippen LogP contribution in [0, 0.1) is 17.6 Å². The number of hydrogen-bond donors (Lipinski definition) is 1. The number of aromatic nitrogens is 3. The molecule has 26 heavy (non-hydrogen) atoms. The van der Waals surface area contributed by atoms with Crippen LogP contribution in [0.25, 0.3) is 11.3 Å². The van der Waals surface area contributed by atoms with Crippen molar-refractivity contribution in [1.29, 1.82) is 0 Å². The molecule has 0 aliphatic heterocycles. The lowest BCUT2D eigenvalue weighted by Crippen LogP contribution is -2.15. The van der Waals surface area contributed by atoms with Crippen molar-refractivity contribution in [3.8, 4) is 11.3 Å². The van der Waals surface area contributed by atoms with Crippen molar-refractivity contribution in [2.75, 3.05) is 7.05 Å². The Balaban J connectivity index is 2.31. The van der Waals surface area contributed by atoms with E-state index >= 15 is 0 Å². The van der Waals surface area contributed by atoms with E-state index in [9.17, 15) is 21.6 Å². The third-order valence-corrected chi connectivity index (χ3v) is 5.23. The summed E-state index contributed by atoms with van der Waals surface area (Å²) in [5.74, 6) is -2.82. The predicted octanol–water partition coefficient (Wildman–Crippen LogP) is 2.32. The van der Waals surface area contributed by atoms with Crippen LogP contribution in [0.4, 0.5) is 13.2 Å². The first-order chi connectivity index (χ1) is 12.4. The quantitative estimate of drug-likeness (QED) is 0.686. The summed E-state index contributed by atoms with van der Waals surface area (Å²) in [4.78, 5) is 6.44. The van der Waals surface area contributed by atoms with Gasteiger partial charge in [0, 0.05) is 30.7 Å². The number of halogens is 3. The third-order valence-electron chi connectivity index (χ3n) is 3.60. The Morgan fingerprint density at radius 2 is 2.00 bits per heavy atom. The zero-order chi connectivity index (χ0) is 18.9. The van der Waals surface area contributed by atoms with Crippen LogP contribution in [0.5, 0.6) is 0 Å². The number of hydrogen-bond acceptors (Lipinski definition) is 5. The van der Waals surface area contributed by atoms with Crippen LogP contribution >= 0.6 is 0 Å². The average molecular weight is 382 g/mol. The topological polar surface area (TPSA) is 76.9 Å². The van der Waals surface area contributed by atoms with Crippen molar-refractivity contribution >= 4 is 10.0 Å². The Kier molecular flexibility index (Phi) is 4.79. The molecule has 0 amide bonds. The normalized spacial score (nSPS) is 11.7. The molecule has 0 saturated heterocycles. The molecule has 136 valence electrons. The maximum atomic E-state index is 14.9. The van der Waals surface area contributed by atoms with Gasteiger partial charge in [0.25, 0.3) is 10.0 Å². The lowest BCUT2D eigenvalue weighted by Gasteiger charge is -2.10. The van der Waals surface area contributed by atoms with E-state index in [0.717, 1.165) is 30.9 Å². The number of pyridine rings is 2. The SMILES string of the molecule is CNCc1cn(S(=O)(=O)c2cncc(F)c2)c(-c2cccnc2F)c1F. The molecule has 0 aromatic carbocycles. The van der Waals surface area contributed by atoms with Crippen molar-refractivity contribution in [1.82, 2.24) is 19.3 Å². The van der Waals surface area contributed by atoms with E-state index in [4.69, 9.17) is 0 Å². The highest BCUT2D eigenvalue weighted by Gasteiger charge is 2.28. The van der Waals surface area contributed by atoms with E-state index < -0.39 is 38.2 Å². The van der Waals surface area contributed by atoms with Crippen LogP contribution in [-0.4, -0.2) is 29.4 Å². The van der Waals surface area contributed by atoms with E-state index in [1.807, 2.05) is 0 Å². The molecule has 1 N–H and O–H groups in total. The lowest BCUT2D eigenvalue weighted by molar-refractivity contribution is 0.573. The molecular weight excluding hydrogens is 369 g/mol. The minimum absolute atomic E-state index is 0.00121. The summed E-state index contributed by atoms with van der Waals surface area (Å²) in [7, 11) is -2.88. The Bertz CT molecular complexity index is 1070. The molecule has 3 heterocycles. The summed E-state index contributed by atoms with van der Waals surface area (Å²) >= 11 is 0. The largest absolute Gasteiger partial charge is 0.316 e. The van der Waals surface area contributed by atoms with Gasteiger partial charge in [-0.15, -0.1) is 0 Å². The first-order valence-corrected chi connectivity index (χ1v) is 8.81. The Labute approximate surface area is 147 Å². The van der Waals surface area contributed by atoms with Crippen molar-refractivity contribution in [2.45, 2.75) is 11.4 Å². The molecule has 0 bridgehead atoms. The van der Waals surface area contributed by atoms with E-state index in [2.05, 4.69) is 15.3 Å². The fourth-order valence-electron chi connectivity index (χ4n) is 2.46. The maximum Gasteiger partial charge on any atom is 0.269 e. The van der Waals surface area contributed by atoms with Crippen LogP contribution < -0.4 is 5.32 Å². The molecule has 0 atom stereocenters. The zero-order valence-electron chi connectivity index (χ0n) is 13.4. The molecule has 0 aliphatic carbocycles. The highest BCUT2D eigenvalue weighted by Crippen LogP contribution is 2.31. The van der Waals surface area contributed by atoms with Crippen LogP contribution in [0.3, 0.4) is 0 Å². The molecular formula is C16H13F3N4O2S. The van der Waals surface area contributed by atoms with Crippen molar-refractivity contribution in [3.63, 3.8) is 0 Å². The van der Waals surface area contributed by atoms with Gasteiger partial charge in [-0.05, 0) is 25.2 Å². The van der Waals surface area contributed by atoms with Crippen molar-refractivity contribution < 1.29 is 21.6 Å². The molecule has 0 aliphatic rings. The highest BCUT2D eigenvalue weighted by atomic mass is 32.2. The van der Waals surface area contributed by atoms with Gasteiger partial charge < -0.3 is 5.32 Å². The third kappa shape index (κ3) is 3.08. The molecule has 0 radical (unpaired) electrons. The minimum atomic E-state index is -4.43. The van der Waals surface area contributed by atoms with Crippen LogP contribution in [0.1, 0.15) is 5.56 Å². The first-order valence-electron chi connectivity index (χ1n) is 7.37. The van der Waals surface area contributed by atoms with Crippen molar-refractivity contribution in [3.05, 3.63) is 66.1 Å². The molecule has 0 unspecified atom stereocenters. The van der Waals surface area contributed by atoms with Crippen molar-refractivity contribution in [2.24, 2.45) is 0 Å². The summed E-state index contributed by atoms with van der Waals surface area (Å²) in [5.41, 5.74) is -0.857. The van der Waals surface area contributed by atoms with E-state index in [1.165, 1.54) is 12.1 Å². The van der Waals surface area contributed by atoms with Gasteiger partial charge in [0.05, 0.1) is 11.8 Å². The highest BCUT2D eigenvalue weighted by molar-refractivity contribution is 7.90. The van der Waals surface area contributed by atoms with Crippen LogP contribution in [-0.2, 0) is 16.6 Å². The van der Waals surface area contributed by atoms with Gasteiger partial charge in [0.15, 0.2) is 5.82 Å². The number of rotatable bonds is 5. The standard InChI is InChI=1S/C16H13F3N4O2S/c1-20-6-10-9-23(26(24,25)12-5-11(17)7-21-8-12)15(14(10)18)13-3-2-4-22-16(13)19/h2-5,7-9,20H,6H2,1H3. The summed E-state index contributed by atoms with van der Waals surface area (Å²) in [5, 5.41) is 2.70. The maximum absolute atomic E-state index is 14.9. The first kappa shape index (κ1) is 18.1. The minimum Gasteiger partial charge on any atom is -0.316 e. The summed E-state index contributed by atoms with van der Waals surface area (Å²) in [6.45, 7) is 0.00460. The van der Waals surface area contributed by atoms with E-state index in [0.29, 0.717) is 3.97 Å². The summed E-state index contributed by atoms with van der Waals surface area (Å²) in [6, 6.07) is 3.31. The molecule has 0 fully saturated rings. The molecule has 3 aromatic heterocycles. The molecule has 6 nitrogen and oxygen atoms in total. The second-order valence-electron chi connectivity index (χ2n) is 5.33. The number of nitrogens with one attached hydrogen (secondary N) is 1. The van der Waals surface area contributed by atoms with Crippen LogP contribution in [0.2, 0.25) is 0 Å². The Morgan fingerprint density at radius 3 is 2.65 bits per heavy atom. The predicted molar refractivity (Wildman–Crippen MR) is 87.1 cm³/mol. The van der Waals surface area contributed by atoms with Crippen LogP contribution in [0.15, 0.2) is 47.9 Å². The fourth-order valence-corrected chi connectivity index (χ4v) is 3.83. The second kappa shape index (κ2) is 6.89. The van der Waals surface area contributed by atoms with E-state index in [-0.39, 0.29) is 17.7 Å². The monoisotopic (exact) mass is 382 g/mol. The number of nitrogens with zero attached hydrogens (tertiary/aromatic N) is 3.